The number of imide groups is 1. The third kappa shape index (κ3) is 12.9. The number of imidazole rings is 1. The van der Waals surface area contributed by atoms with Crippen LogP contribution in [0.2, 0.25) is 0 Å². The van der Waals surface area contributed by atoms with Crippen LogP contribution in [0.4, 0.5) is 0 Å². The number of nitrogens with one attached hydrogen (secondary N) is 1. The zero-order valence-electron chi connectivity index (χ0n) is 30.1. The molecule has 1 aliphatic rings. The number of ether oxygens (including phenoxy) is 3. The van der Waals surface area contributed by atoms with Gasteiger partial charge in [0, 0.05) is 52.4 Å². The van der Waals surface area contributed by atoms with Crippen molar-refractivity contribution in [1.82, 2.24) is 14.5 Å². The maximum atomic E-state index is 13.1. The molecule has 0 bridgehead atoms. The number of fused-ring (bicyclic) bond motifs is 1. The molecule has 0 saturated carbocycles. The highest BCUT2D eigenvalue weighted by molar-refractivity contribution is 6.00. The van der Waals surface area contributed by atoms with Crippen LogP contribution in [0.1, 0.15) is 93.9 Å². The Morgan fingerprint density at radius 2 is 1.53 bits per heavy atom. The summed E-state index contributed by atoms with van der Waals surface area (Å²) in [5.74, 6) is -1.06. The van der Waals surface area contributed by atoms with Crippen LogP contribution in [-0.2, 0) is 55.1 Å². The lowest BCUT2D eigenvalue weighted by Gasteiger charge is -2.21. The molecule has 1 aromatic heterocycles. The highest BCUT2D eigenvalue weighted by Gasteiger charge is 2.31. The van der Waals surface area contributed by atoms with E-state index in [0.29, 0.717) is 26.1 Å². The van der Waals surface area contributed by atoms with Gasteiger partial charge < -0.3 is 25.7 Å². The van der Waals surface area contributed by atoms with Crippen LogP contribution >= 0.6 is 12.4 Å². The first-order valence-corrected chi connectivity index (χ1v) is 18.1. The van der Waals surface area contributed by atoms with E-state index >= 15 is 0 Å². The Bertz CT molecular complexity index is 1610. The average molecular weight is 730 g/mol. The fourth-order valence-corrected chi connectivity index (χ4v) is 6.36. The van der Waals surface area contributed by atoms with E-state index in [1.54, 1.807) is 11.6 Å². The van der Waals surface area contributed by atoms with Gasteiger partial charge in [-0.3, -0.25) is 28.8 Å². The minimum Gasteiger partial charge on any atom is -0.381 e. The summed E-state index contributed by atoms with van der Waals surface area (Å²) in [6.07, 6.45) is 9.00. The number of aryl methyl sites for hydroxylation is 3. The summed E-state index contributed by atoms with van der Waals surface area (Å²) in [5.41, 5.74) is 16.0. The SMILES string of the molecule is C[C@@H](OCc1ccc(CCCOCCCCCCOCCCc2cccc3c2n(C)c(=O)n3C2CCC(=O)NC2=O)cc1)[C@@H](N)CCC(N)=O.Cl. The van der Waals surface area contributed by atoms with Crippen LogP contribution in [0.3, 0.4) is 0 Å². The van der Waals surface area contributed by atoms with Crippen molar-refractivity contribution in [2.45, 2.75) is 109 Å². The lowest BCUT2D eigenvalue weighted by atomic mass is 10.0. The summed E-state index contributed by atoms with van der Waals surface area (Å²) in [6, 6.07) is 13.3. The predicted octanol–water partition coefficient (Wildman–Crippen LogP) is 4.40. The Morgan fingerprint density at radius 3 is 2.18 bits per heavy atom. The van der Waals surface area contributed by atoms with Gasteiger partial charge in [-0.1, -0.05) is 49.2 Å². The largest absolute Gasteiger partial charge is 0.381 e. The molecule has 1 fully saturated rings. The number of para-hydroxylation sites is 1. The standard InChI is InChI=1S/C38H55N5O7.ClH/c1-27(31(39)18-20-34(40)44)50-26-29-16-14-28(15-17-29)10-8-24-48-22-5-3-4-6-23-49-25-9-12-30-11-7-13-32-36(30)42(2)38(47)43(32)33-19-21-35(45)41-37(33)46;/h7,11,13-17,27,31,33H,3-6,8-10,12,18-26,39H2,1-2H3,(H2,40,44)(H,41,45,46);1H/t27-,31+,33?;/m1./s1. The molecule has 2 heterocycles. The molecule has 0 spiro atoms. The highest BCUT2D eigenvalue weighted by atomic mass is 35.5. The van der Waals surface area contributed by atoms with Gasteiger partial charge in [0.25, 0.3) is 0 Å². The summed E-state index contributed by atoms with van der Waals surface area (Å²) >= 11 is 0. The number of nitrogens with two attached hydrogens (primary N) is 2. The molecule has 3 amide bonds. The van der Waals surface area contributed by atoms with Crippen molar-refractivity contribution in [3.05, 3.63) is 69.6 Å². The molecule has 13 heteroatoms. The normalized spacial score (nSPS) is 15.8. The van der Waals surface area contributed by atoms with Crippen LogP contribution in [0.25, 0.3) is 11.0 Å². The summed E-state index contributed by atoms with van der Waals surface area (Å²) in [7, 11) is 1.73. The highest BCUT2D eigenvalue weighted by Crippen LogP contribution is 2.25. The molecule has 282 valence electrons. The third-order valence-corrected chi connectivity index (χ3v) is 9.39. The van der Waals surface area contributed by atoms with Gasteiger partial charge in [0.15, 0.2) is 0 Å². The number of nitrogens with zero attached hydrogens (tertiary/aromatic N) is 2. The quantitative estimate of drug-likeness (QED) is 0.0953. The molecule has 3 atom stereocenters. The number of unbranched alkanes of at least 4 members (excludes halogenated alkanes) is 3. The van der Waals surface area contributed by atoms with Gasteiger partial charge in [0.05, 0.1) is 23.7 Å². The fourth-order valence-electron chi connectivity index (χ4n) is 6.36. The van der Waals surface area contributed by atoms with Crippen molar-refractivity contribution in [3.63, 3.8) is 0 Å². The van der Waals surface area contributed by atoms with E-state index in [9.17, 15) is 19.2 Å². The second kappa shape index (κ2) is 21.7. The van der Waals surface area contributed by atoms with Crippen LogP contribution < -0.4 is 22.5 Å². The van der Waals surface area contributed by atoms with E-state index < -0.39 is 11.9 Å². The van der Waals surface area contributed by atoms with Gasteiger partial charge in [0.2, 0.25) is 17.7 Å². The number of rotatable bonds is 23. The number of aromatic nitrogens is 2. The molecule has 4 rings (SSSR count). The number of halogens is 1. The Morgan fingerprint density at radius 1 is 0.902 bits per heavy atom. The Balaban J connectivity index is 0.00000702. The number of carbonyl (C=O) groups excluding carboxylic acids is 3. The Hall–Kier alpha value is -3.55. The van der Waals surface area contributed by atoms with Crippen molar-refractivity contribution >= 4 is 41.2 Å². The second-order valence-electron chi connectivity index (χ2n) is 13.3. The van der Waals surface area contributed by atoms with E-state index in [1.165, 1.54) is 10.1 Å². The van der Waals surface area contributed by atoms with Crippen LogP contribution in [0.15, 0.2) is 47.3 Å². The number of hydrogen-bond acceptors (Lipinski definition) is 8. The zero-order valence-corrected chi connectivity index (χ0v) is 30.9. The molecule has 0 radical (unpaired) electrons. The van der Waals surface area contributed by atoms with E-state index in [-0.39, 0.29) is 54.9 Å². The maximum absolute atomic E-state index is 13.1. The predicted molar refractivity (Wildman–Crippen MR) is 200 cm³/mol. The molecular weight excluding hydrogens is 674 g/mol. The zero-order chi connectivity index (χ0) is 35.9. The Labute approximate surface area is 307 Å². The van der Waals surface area contributed by atoms with Crippen molar-refractivity contribution in [2.24, 2.45) is 18.5 Å². The van der Waals surface area contributed by atoms with Gasteiger partial charge in [-0.2, -0.15) is 0 Å². The van der Waals surface area contributed by atoms with Crippen molar-refractivity contribution < 1.29 is 28.6 Å². The first-order valence-electron chi connectivity index (χ1n) is 18.1. The number of hydrogen-bond donors (Lipinski definition) is 3. The maximum Gasteiger partial charge on any atom is 0.329 e. The summed E-state index contributed by atoms with van der Waals surface area (Å²) in [5, 5.41) is 2.36. The molecule has 2 aromatic carbocycles. The number of primary amides is 1. The number of carbonyl (C=O) groups is 3. The lowest BCUT2D eigenvalue weighted by Crippen LogP contribution is -2.44. The van der Waals surface area contributed by atoms with Crippen molar-refractivity contribution in [1.29, 1.82) is 0 Å². The van der Waals surface area contributed by atoms with Crippen LogP contribution in [0.5, 0.6) is 0 Å². The van der Waals surface area contributed by atoms with Gasteiger partial charge in [-0.05, 0) is 81.0 Å². The topological polar surface area (TPSA) is 170 Å². The molecule has 0 aliphatic carbocycles. The molecule has 12 nitrogen and oxygen atoms in total. The van der Waals surface area contributed by atoms with Gasteiger partial charge in [-0.15, -0.1) is 12.4 Å². The van der Waals surface area contributed by atoms with Gasteiger partial charge in [-0.25, -0.2) is 4.79 Å². The monoisotopic (exact) mass is 729 g/mol. The van der Waals surface area contributed by atoms with Gasteiger partial charge in [0.1, 0.15) is 6.04 Å². The first-order chi connectivity index (χ1) is 24.2. The smallest absolute Gasteiger partial charge is 0.329 e. The van der Waals surface area contributed by atoms with E-state index in [0.717, 1.165) is 93.3 Å². The van der Waals surface area contributed by atoms with E-state index in [4.69, 9.17) is 25.7 Å². The minimum absolute atomic E-state index is 0. The molecule has 1 unspecified atom stereocenters. The molecule has 1 saturated heterocycles. The molecule has 51 heavy (non-hydrogen) atoms. The molecule has 5 N–H and O–H groups in total. The number of amides is 3. The van der Waals surface area contributed by atoms with Crippen molar-refractivity contribution in [3.8, 4) is 0 Å². The summed E-state index contributed by atoms with van der Waals surface area (Å²) in [6.45, 7) is 5.29. The lowest BCUT2D eigenvalue weighted by molar-refractivity contribution is -0.135. The molecule has 1 aliphatic heterocycles. The summed E-state index contributed by atoms with van der Waals surface area (Å²) in [4.78, 5) is 48.1. The third-order valence-electron chi connectivity index (χ3n) is 9.39. The molecule has 3 aromatic rings. The van der Waals surface area contributed by atoms with E-state index in [2.05, 4.69) is 29.6 Å². The van der Waals surface area contributed by atoms with Crippen LogP contribution in [0, 0.1) is 0 Å². The summed E-state index contributed by atoms with van der Waals surface area (Å²) < 4.78 is 20.7. The van der Waals surface area contributed by atoms with Crippen LogP contribution in [-0.4, -0.2) is 65.4 Å². The van der Waals surface area contributed by atoms with Gasteiger partial charge >= 0.3 is 5.69 Å². The second-order valence-corrected chi connectivity index (χ2v) is 13.3. The Kier molecular flexibility index (Phi) is 17.8. The minimum atomic E-state index is -0.680. The van der Waals surface area contributed by atoms with E-state index in [1.807, 2.05) is 25.1 Å². The van der Waals surface area contributed by atoms with Crippen molar-refractivity contribution in [2.75, 3.05) is 26.4 Å². The number of benzene rings is 2. The average Bonchev–Trinajstić information content (AvgIpc) is 3.36. The fraction of sp³-hybridized carbons (Fsp3) is 0.579. The first kappa shape index (κ1) is 41.9. The molecular formula is C38H56ClN5O7. The number of piperidine rings is 1.